The van der Waals surface area contributed by atoms with Gasteiger partial charge in [0, 0.05) is 5.56 Å². The highest BCUT2D eigenvalue weighted by Crippen LogP contribution is 2.42. The lowest BCUT2D eigenvalue weighted by atomic mass is 10.0. The lowest BCUT2D eigenvalue weighted by molar-refractivity contribution is 0.299. The first-order chi connectivity index (χ1) is 6.26. The Kier molecular flexibility index (Phi) is 2.00. The van der Waals surface area contributed by atoms with E-state index in [0.717, 1.165) is 17.9 Å². The van der Waals surface area contributed by atoms with Crippen molar-refractivity contribution in [3.8, 4) is 5.75 Å². The molecule has 1 fully saturated rings. The summed E-state index contributed by atoms with van der Waals surface area (Å²) in [7, 11) is 0. The topological polar surface area (TPSA) is 21.8 Å². The molecule has 0 spiro atoms. The maximum absolute atomic E-state index is 5.52. The van der Waals surface area contributed by atoms with Gasteiger partial charge in [-0.25, -0.2) is 0 Å². The molecule has 2 heteroatoms. The zero-order chi connectivity index (χ0) is 9.31. The van der Waals surface area contributed by atoms with Crippen molar-refractivity contribution in [2.75, 3.05) is 13.2 Å². The fourth-order valence-corrected chi connectivity index (χ4v) is 1.45. The first-order valence-electron chi connectivity index (χ1n) is 4.62. The molecule has 0 N–H and O–H groups in total. The Morgan fingerprint density at radius 3 is 2.77 bits per heavy atom. The highest BCUT2D eigenvalue weighted by Gasteiger charge is 2.43. The molecular formula is C11H14O2. The van der Waals surface area contributed by atoms with Gasteiger partial charge < -0.3 is 9.47 Å². The van der Waals surface area contributed by atoms with Crippen molar-refractivity contribution in [3.63, 3.8) is 0 Å². The van der Waals surface area contributed by atoms with Gasteiger partial charge in [0.1, 0.15) is 11.4 Å². The summed E-state index contributed by atoms with van der Waals surface area (Å²) in [6, 6.07) is 8.06. The van der Waals surface area contributed by atoms with E-state index in [9.17, 15) is 0 Å². The van der Waals surface area contributed by atoms with Crippen LogP contribution in [0, 0.1) is 0 Å². The van der Waals surface area contributed by atoms with Crippen LogP contribution >= 0.6 is 0 Å². The standard InChI is InChI=1S/C11H14O2/c1-3-12-10-7-5-4-6-9(10)11(2)8-13-11/h4-7H,3,8H2,1-2H3. The molecule has 1 atom stereocenters. The molecule has 0 aromatic heterocycles. The van der Waals surface area contributed by atoms with Crippen molar-refractivity contribution in [1.29, 1.82) is 0 Å². The zero-order valence-electron chi connectivity index (χ0n) is 8.04. The fraction of sp³-hybridized carbons (Fsp3) is 0.455. The van der Waals surface area contributed by atoms with E-state index < -0.39 is 0 Å². The Morgan fingerprint density at radius 2 is 2.15 bits per heavy atom. The molecule has 0 aliphatic carbocycles. The largest absolute Gasteiger partial charge is 0.493 e. The smallest absolute Gasteiger partial charge is 0.125 e. The van der Waals surface area contributed by atoms with Crippen molar-refractivity contribution in [2.24, 2.45) is 0 Å². The SMILES string of the molecule is CCOc1ccccc1C1(C)CO1. The van der Waals surface area contributed by atoms with E-state index in [0.29, 0.717) is 6.61 Å². The normalized spacial score (nSPS) is 25.7. The predicted octanol–water partition coefficient (Wildman–Crippen LogP) is 2.33. The molecule has 70 valence electrons. The van der Waals surface area contributed by atoms with Gasteiger partial charge in [0.05, 0.1) is 13.2 Å². The molecular weight excluding hydrogens is 164 g/mol. The van der Waals surface area contributed by atoms with Gasteiger partial charge in [-0.2, -0.15) is 0 Å². The van der Waals surface area contributed by atoms with E-state index in [2.05, 4.69) is 13.0 Å². The Balaban J connectivity index is 2.32. The number of benzene rings is 1. The van der Waals surface area contributed by atoms with Crippen molar-refractivity contribution < 1.29 is 9.47 Å². The molecule has 2 nitrogen and oxygen atoms in total. The maximum atomic E-state index is 5.52. The first kappa shape index (κ1) is 8.57. The van der Waals surface area contributed by atoms with Gasteiger partial charge in [0.15, 0.2) is 0 Å². The Morgan fingerprint density at radius 1 is 1.46 bits per heavy atom. The van der Waals surface area contributed by atoms with Crippen LogP contribution < -0.4 is 4.74 Å². The molecule has 0 saturated carbocycles. The number of ether oxygens (including phenoxy) is 2. The van der Waals surface area contributed by atoms with Crippen LogP contribution in [0.5, 0.6) is 5.75 Å². The summed E-state index contributed by atoms with van der Waals surface area (Å²) in [5, 5.41) is 0. The highest BCUT2D eigenvalue weighted by atomic mass is 16.6. The third kappa shape index (κ3) is 1.54. The molecule has 0 bridgehead atoms. The van der Waals surface area contributed by atoms with Crippen LogP contribution in [0.3, 0.4) is 0 Å². The maximum Gasteiger partial charge on any atom is 0.125 e. The van der Waals surface area contributed by atoms with Gasteiger partial charge in [-0.3, -0.25) is 0 Å². The molecule has 1 saturated heterocycles. The molecule has 1 heterocycles. The minimum atomic E-state index is -0.0915. The van der Waals surface area contributed by atoms with Crippen molar-refractivity contribution in [2.45, 2.75) is 19.4 Å². The second-order valence-corrected chi connectivity index (χ2v) is 3.45. The summed E-state index contributed by atoms with van der Waals surface area (Å²) in [6.45, 7) is 5.59. The number of rotatable bonds is 3. The summed E-state index contributed by atoms with van der Waals surface area (Å²) in [5.41, 5.74) is 1.07. The summed E-state index contributed by atoms with van der Waals surface area (Å²) >= 11 is 0. The average molecular weight is 178 g/mol. The van der Waals surface area contributed by atoms with E-state index >= 15 is 0 Å². The predicted molar refractivity (Wildman–Crippen MR) is 50.9 cm³/mol. The number of para-hydroxylation sites is 1. The van der Waals surface area contributed by atoms with Gasteiger partial charge in [0.2, 0.25) is 0 Å². The van der Waals surface area contributed by atoms with Gasteiger partial charge in [-0.15, -0.1) is 0 Å². The van der Waals surface area contributed by atoms with E-state index in [1.807, 2.05) is 25.1 Å². The van der Waals surface area contributed by atoms with Crippen LogP contribution in [0.15, 0.2) is 24.3 Å². The molecule has 1 aromatic rings. The summed E-state index contributed by atoms with van der Waals surface area (Å²) in [5.74, 6) is 0.949. The quantitative estimate of drug-likeness (QED) is 0.662. The fourth-order valence-electron chi connectivity index (χ4n) is 1.45. The van der Waals surface area contributed by atoms with Crippen molar-refractivity contribution in [1.82, 2.24) is 0 Å². The van der Waals surface area contributed by atoms with Crippen molar-refractivity contribution in [3.05, 3.63) is 29.8 Å². The van der Waals surface area contributed by atoms with Crippen molar-refractivity contribution >= 4 is 0 Å². The van der Waals surface area contributed by atoms with E-state index in [-0.39, 0.29) is 5.60 Å². The Hall–Kier alpha value is -1.02. The summed E-state index contributed by atoms with van der Waals surface area (Å²) in [6.07, 6.45) is 0. The van der Waals surface area contributed by atoms with E-state index in [1.165, 1.54) is 0 Å². The molecule has 1 aliphatic rings. The second-order valence-electron chi connectivity index (χ2n) is 3.45. The van der Waals surface area contributed by atoms with Crippen LogP contribution in [0.25, 0.3) is 0 Å². The molecule has 1 unspecified atom stereocenters. The lowest BCUT2D eigenvalue weighted by Crippen LogP contribution is -2.05. The van der Waals surface area contributed by atoms with Crippen LogP contribution in [-0.2, 0) is 10.3 Å². The third-order valence-electron chi connectivity index (χ3n) is 2.33. The molecule has 1 aromatic carbocycles. The van der Waals surface area contributed by atoms with Crippen LogP contribution in [0.1, 0.15) is 19.4 Å². The lowest BCUT2D eigenvalue weighted by Gasteiger charge is -2.12. The van der Waals surface area contributed by atoms with E-state index in [4.69, 9.17) is 9.47 Å². The molecule has 2 rings (SSSR count). The number of epoxide rings is 1. The van der Waals surface area contributed by atoms with Gasteiger partial charge in [-0.05, 0) is 19.9 Å². The van der Waals surface area contributed by atoms with E-state index in [1.54, 1.807) is 0 Å². The monoisotopic (exact) mass is 178 g/mol. The Labute approximate surface area is 78.5 Å². The molecule has 0 amide bonds. The number of hydrogen-bond donors (Lipinski definition) is 0. The summed E-state index contributed by atoms with van der Waals surface area (Å²) < 4.78 is 10.9. The van der Waals surface area contributed by atoms with Gasteiger partial charge >= 0.3 is 0 Å². The first-order valence-corrected chi connectivity index (χ1v) is 4.62. The average Bonchev–Trinajstić information content (AvgIpc) is 2.86. The minimum Gasteiger partial charge on any atom is -0.493 e. The molecule has 1 aliphatic heterocycles. The molecule has 0 radical (unpaired) electrons. The van der Waals surface area contributed by atoms with Gasteiger partial charge in [-0.1, -0.05) is 18.2 Å². The highest BCUT2D eigenvalue weighted by molar-refractivity contribution is 5.39. The van der Waals surface area contributed by atoms with Gasteiger partial charge in [0.25, 0.3) is 0 Å². The second kappa shape index (κ2) is 3.04. The number of hydrogen-bond acceptors (Lipinski definition) is 2. The third-order valence-corrected chi connectivity index (χ3v) is 2.33. The Bertz CT molecular complexity index is 303. The van der Waals surface area contributed by atoms with Crippen LogP contribution in [-0.4, -0.2) is 13.2 Å². The summed E-state index contributed by atoms with van der Waals surface area (Å²) in [4.78, 5) is 0. The van der Waals surface area contributed by atoms with Crippen LogP contribution in [0.4, 0.5) is 0 Å². The minimum absolute atomic E-state index is 0.0915. The zero-order valence-corrected chi connectivity index (χ0v) is 8.04. The van der Waals surface area contributed by atoms with Crippen LogP contribution in [0.2, 0.25) is 0 Å². The molecule has 13 heavy (non-hydrogen) atoms.